The smallest absolute Gasteiger partial charge is 0.223 e. The molecule has 0 radical (unpaired) electrons. The molecule has 1 aromatic rings. The molecule has 0 atom stereocenters. The molecule has 1 aromatic carbocycles. The zero-order valence-electron chi connectivity index (χ0n) is 12.6. The Morgan fingerprint density at radius 3 is 2.43 bits per heavy atom. The minimum atomic E-state index is 0.00525. The number of aliphatic hydroxyl groups excluding tert-OH is 1. The number of aliphatic hydroxyl groups is 1. The maximum atomic E-state index is 11.6. The van der Waals surface area contributed by atoms with E-state index in [9.17, 15) is 4.79 Å². The van der Waals surface area contributed by atoms with Crippen LogP contribution in [0.1, 0.15) is 32.1 Å². The topological polar surface area (TPSA) is 67.8 Å². The van der Waals surface area contributed by atoms with Gasteiger partial charge >= 0.3 is 0 Å². The first kappa shape index (κ1) is 17.3. The van der Waals surface area contributed by atoms with Gasteiger partial charge in [-0.3, -0.25) is 4.79 Å². The number of amides is 1. The Hall–Kier alpha value is -1.75. The minimum Gasteiger partial charge on any atom is -0.497 e. The van der Waals surface area contributed by atoms with Gasteiger partial charge < -0.3 is 19.9 Å². The Morgan fingerprint density at radius 2 is 1.76 bits per heavy atom. The van der Waals surface area contributed by atoms with E-state index in [-0.39, 0.29) is 12.5 Å². The number of carbonyl (C=O) groups excluding carboxylic acids is 1. The quantitative estimate of drug-likeness (QED) is 0.614. The summed E-state index contributed by atoms with van der Waals surface area (Å²) < 4.78 is 10.5. The largest absolute Gasteiger partial charge is 0.497 e. The molecule has 0 aliphatic heterocycles. The van der Waals surface area contributed by atoms with Crippen LogP contribution < -0.4 is 14.8 Å². The van der Waals surface area contributed by atoms with Gasteiger partial charge in [0.25, 0.3) is 0 Å². The van der Waals surface area contributed by atoms with Gasteiger partial charge in [-0.05, 0) is 37.1 Å². The molecule has 0 saturated heterocycles. The molecule has 0 unspecified atom stereocenters. The van der Waals surface area contributed by atoms with Gasteiger partial charge in [0.05, 0.1) is 20.1 Å². The minimum absolute atomic E-state index is 0.00525. The molecule has 118 valence electrons. The van der Waals surface area contributed by atoms with Crippen molar-refractivity contribution in [3.05, 3.63) is 24.3 Å². The number of unbranched alkanes of at least 4 members (excludes halogenated alkanes) is 3. The highest BCUT2D eigenvalue weighted by Gasteiger charge is 2.01. The maximum absolute atomic E-state index is 11.6. The van der Waals surface area contributed by atoms with Crippen molar-refractivity contribution in [3.8, 4) is 11.5 Å². The van der Waals surface area contributed by atoms with Crippen molar-refractivity contribution in [2.45, 2.75) is 32.1 Å². The number of nitrogens with one attached hydrogen (secondary N) is 1. The summed E-state index contributed by atoms with van der Waals surface area (Å²) in [6.45, 7) is 1.30. The van der Waals surface area contributed by atoms with E-state index in [1.54, 1.807) is 7.11 Å². The molecule has 1 rings (SSSR count). The molecule has 0 bridgehead atoms. The van der Waals surface area contributed by atoms with Crippen LogP contribution in [-0.2, 0) is 4.79 Å². The normalized spacial score (nSPS) is 10.2. The zero-order chi connectivity index (χ0) is 15.3. The summed E-state index contributed by atoms with van der Waals surface area (Å²) in [6, 6.07) is 7.28. The Labute approximate surface area is 126 Å². The number of hydrogen-bond acceptors (Lipinski definition) is 4. The first-order chi connectivity index (χ1) is 10.3. The van der Waals surface area contributed by atoms with Gasteiger partial charge in [-0.2, -0.15) is 0 Å². The van der Waals surface area contributed by atoms with Gasteiger partial charge in [0.15, 0.2) is 0 Å². The first-order valence-corrected chi connectivity index (χ1v) is 7.40. The summed E-state index contributed by atoms with van der Waals surface area (Å²) >= 11 is 0. The number of hydrogen-bond donors (Lipinski definition) is 2. The van der Waals surface area contributed by atoms with Gasteiger partial charge in [-0.25, -0.2) is 0 Å². The van der Waals surface area contributed by atoms with Crippen molar-refractivity contribution >= 4 is 5.91 Å². The lowest BCUT2D eigenvalue weighted by Gasteiger charge is -2.08. The van der Waals surface area contributed by atoms with Crippen LogP contribution in [0.5, 0.6) is 11.5 Å². The van der Waals surface area contributed by atoms with Crippen LogP contribution in [0, 0.1) is 0 Å². The Kier molecular flexibility index (Phi) is 9.04. The van der Waals surface area contributed by atoms with E-state index in [0.29, 0.717) is 19.6 Å². The van der Waals surface area contributed by atoms with Gasteiger partial charge in [-0.15, -0.1) is 0 Å². The van der Waals surface area contributed by atoms with Crippen LogP contribution in [0.2, 0.25) is 0 Å². The fourth-order valence-electron chi connectivity index (χ4n) is 1.84. The lowest BCUT2D eigenvalue weighted by molar-refractivity contribution is -0.121. The van der Waals surface area contributed by atoms with E-state index in [1.165, 1.54) is 0 Å². The lowest BCUT2D eigenvalue weighted by atomic mass is 10.2. The summed E-state index contributed by atoms with van der Waals surface area (Å²) in [7, 11) is 1.62. The molecular formula is C16H25NO4. The van der Waals surface area contributed by atoms with Crippen LogP contribution in [0.4, 0.5) is 0 Å². The molecule has 0 spiro atoms. The first-order valence-electron chi connectivity index (χ1n) is 7.40. The monoisotopic (exact) mass is 295 g/mol. The molecule has 5 nitrogen and oxygen atoms in total. The molecule has 0 saturated carbocycles. The average Bonchev–Trinajstić information content (AvgIpc) is 2.51. The molecule has 0 fully saturated rings. The lowest BCUT2D eigenvalue weighted by Crippen LogP contribution is -2.25. The van der Waals surface area contributed by atoms with Gasteiger partial charge in [-0.1, -0.05) is 12.8 Å². The molecule has 2 N–H and O–H groups in total. The zero-order valence-corrected chi connectivity index (χ0v) is 12.6. The molecular weight excluding hydrogens is 270 g/mol. The van der Waals surface area contributed by atoms with Crippen LogP contribution in [0.15, 0.2) is 24.3 Å². The van der Waals surface area contributed by atoms with E-state index >= 15 is 0 Å². The average molecular weight is 295 g/mol. The molecule has 21 heavy (non-hydrogen) atoms. The van der Waals surface area contributed by atoms with Crippen LogP contribution in [0.3, 0.4) is 0 Å². The molecule has 1 amide bonds. The number of ether oxygens (including phenoxy) is 2. The van der Waals surface area contributed by atoms with E-state index in [2.05, 4.69) is 5.32 Å². The molecule has 0 aromatic heterocycles. The van der Waals surface area contributed by atoms with Gasteiger partial charge in [0.1, 0.15) is 11.5 Å². The summed E-state index contributed by atoms with van der Waals surface area (Å²) in [6.07, 6.45) is 4.17. The van der Waals surface area contributed by atoms with E-state index in [1.807, 2.05) is 24.3 Å². The van der Waals surface area contributed by atoms with E-state index in [4.69, 9.17) is 14.6 Å². The van der Waals surface area contributed by atoms with Crippen LogP contribution in [-0.4, -0.2) is 37.9 Å². The van der Waals surface area contributed by atoms with Crippen molar-refractivity contribution in [2.24, 2.45) is 0 Å². The van der Waals surface area contributed by atoms with Crippen LogP contribution in [0.25, 0.3) is 0 Å². The fourth-order valence-corrected chi connectivity index (χ4v) is 1.84. The Morgan fingerprint density at radius 1 is 1.10 bits per heavy atom. The highest BCUT2D eigenvalue weighted by Crippen LogP contribution is 2.16. The van der Waals surface area contributed by atoms with Gasteiger partial charge in [0.2, 0.25) is 5.91 Å². The van der Waals surface area contributed by atoms with E-state index in [0.717, 1.165) is 37.2 Å². The summed E-state index contributed by atoms with van der Waals surface area (Å²) in [5, 5.41) is 11.5. The highest BCUT2D eigenvalue weighted by molar-refractivity contribution is 5.75. The van der Waals surface area contributed by atoms with E-state index < -0.39 is 0 Å². The summed E-state index contributed by atoms with van der Waals surface area (Å²) in [5.74, 6) is 1.51. The third kappa shape index (κ3) is 8.19. The number of carbonyl (C=O) groups is 1. The molecule has 0 aliphatic carbocycles. The number of methoxy groups -OCH3 is 1. The second kappa shape index (κ2) is 11.0. The molecule has 0 aliphatic rings. The SMILES string of the molecule is COc1ccc(OCCC(=O)NCCCCCCO)cc1. The second-order valence-corrected chi connectivity index (χ2v) is 4.76. The predicted octanol–water partition coefficient (Wildman–Crippen LogP) is 2.13. The molecule has 0 heterocycles. The van der Waals surface area contributed by atoms with Crippen molar-refractivity contribution in [1.82, 2.24) is 5.32 Å². The summed E-state index contributed by atoms with van der Waals surface area (Å²) in [4.78, 5) is 11.6. The van der Waals surface area contributed by atoms with Crippen molar-refractivity contribution in [1.29, 1.82) is 0 Å². The van der Waals surface area contributed by atoms with Crippen molar-refractivity contribution in [2.75, 3.05) is 26.9 Å². The predicted molar refractivity (Wildman–Crippen MR) is 81.7 cm³/mol. The van der Waals surface area contributed by atoms with Crippen molar-refractivity contribution in [3.63, 3.8) is 0 Å². The van der Waals surface area contributed by atoms with Crippen molar-refractivity contribution < 1.29 is 19.4 Å². The maximum Gasteiger partial charge on any atom is 0.223 e. The Bertz CT molecular complexity index is 392. The van der Waals surface area contributed by atoms with Crippen LogP contribution >= 0.6 is 0 Å². The fraction of sp³-hybridized carbons (Fsp3) is 0.562. The highest BCUT2D eigenvalue weighted by atomic mass is 16.5. The third-order valence-corrected chi connectivity index (χ3v) is 3.06. The summed E-state index contributed by atoms with van der Waals surface area (Å²) in [5.41, 5.74) is 0. The number of benzene rings is 1. The molecule has 5 heteroatoms. The second-order valence-electron chi connectivity index (χ2n) is 4.76. The number of rotatable bonds is 11. The standard InChI is InChI=1S/C16H25NO4/c1-20-14-6-8-15(9-7-14)21-13-10-16(19)17-11-4-2-3-5-12-18/h6-9,18H,2-5,10-13H2,1H3,(H,17,19). The van der Waals surface area contributed by atoms with Gasteiger partial charge in [0, 0.05) is 13.2 Å². The Balaban J connectivity index is 2.04. The third-order valence-electron chi connectivity index (χ3n) is 3.06.